The van der Waals surface area contributed by atoms with E-state index in [1.807, 2.05) is 6.92 Å². The second kappa shape index (κ2) is 6.50. The average molecular weight is 263 g/mol. The molecule has 5 nitrogen and oxygen atoms in total. The summed E-state index contributed by atoms with van der Waals surface area (Å²) in [4.78, 5) is 23.4. The van der Waals surface area contributed by atoms with Gasteiger partial charge in [-0.3, -0.25) is 9.59 Å². The van der Waals surface area contributed by atoms with Gasteiger partial charge in [0.05, 0.1) is 0 Å². The lowest BCUT2D eigenvalue weighted by molar-refractivity contribution is 0.0936. The average Bonchev–Trinajstić information content (AvgIpc) is 2.46. The zero-order valence-electron chi connectivity index (χ0n) is 11.4. The maximum absolute atomic E-state index is 12.0. The number of hydrogen-bond acceptors (Lipinski definition) is 3. The summed E-state index contributed by atoms with van der Waals surface area (Å²) in [6.07, 6.45) is 6.23. The molecule has 2 rings (SSSR count). The third-order valence-electron chi connectivity index (χ3n) is 3.67. The van der Waals surface area contributed by atoms with Crippen molar-refractivity contribution in [1.29, 1.82) is 0 Å². The van der Waals surface area contributed by atoms with Gasteiger partial charge in [-0.25, -0.2) is 4.68 Å². The first-order chi connectivity index (χ1) is 9.20. The molecule has 1 saturated carbocycles. The molecule has 1 aliphatic rings. The molecule has 0 radical (unpaired) electrons. The Morgan fingerprint density at radius 1 is 1.37 bits per heavy atom. The van der Waals surface area contributed by atoms with Crippen molar-refractivity contribution in [3.8, 4) is 0 Å². The van der Waals surface area contributed by atoms with Gasteiger partial charge in [-0.15, -0.1) is 0 Å². The number of carbonyl (C=O) groups excluding carboxylic acids is 1. The highest BCUT2D eigenvalue weighted by molar-refractivity contribution is 5.91. The van der Waals surface area contributed by atoms with E-state index in [0.717, 1.165) is 0 Å². The molecule has 1 aromatic rings. The Balaban J connectivity index is 1.93. The Hall–Kier alpha value is -1.65. The van der Waals surface area contributed by atoms with Crippen LogP contribution in [-0.2, 0) is 6.54 Å². The van der Waals surface area contributed by atoms with Crippen molar-refractivity contribution in [2.24, 2.45) is 5.92 Å². The van der Waals surface area contributed by atoms with Gasteiger partial charge in [0.2, 0.25) is 0 Å². The van der Waals surface area contributed by atoms with Crippen LogP contribution in [0.3, 0.4) is 0 Å². The number of aromatic nitrogens is 2. The van der Waals surface area contributed by atoms with E-state index in [1.165, 1.54) is 48.9 Å². The van der Waals surface area contributed by atoms with Crippen molar-refractivity contribution < 1.29 is 4.79 Å². The van der Waals surface area contributed by atoms with E-state index < -0.39 is 0 Å². The predicted octanol–water partition coefficient (Wildman–Crippen LogP) is 1.57. The highest BCUT2D eigenvalue weighted by atomic mass is 16.2. The lowest BCUT2D eigenvalue weighted by Crippen LogP contribution is -2.33. The van der Waals surface area contributed by atoms with Gasteiger partial charge >= 0.3 is 0 Å². The largest absolute Gasteiger partial charge is 0.350 e. The first-order valence-electron chi connectivity index (χ1n) is 7.07. The lowest BCUT2D eigenvalue weighted by Gasteiger charge is -2.21. The minimum Gasteiger partial charge on any atom is -0.350 e. The minimum atomic E-state index is -0.187. The Bertz CT molecular complexity index is 490. The van der Waals surface area contributed by atoms with Crippen LogP contribution < -0.4 is 10.9 Å². The SMILES string of the molecule is CCn1nc(C(=O)NCC2CCCCC2)ccc1=O. The molecule has 1 fully saturated rings. The van der Waals surface area contributed by atoms with Crippen LogP contribution >= 0.6 is 0 Å². The van der Waals surface area contributed by atoms with E-state index in [1.54, 1.807) is 0 Å². The quantitative estimate of drug-likeness (QED) is 0.897. The van der Waals surface area contributed by atoms with Crippen LogP contribution in [0.5, 0.6) is 0 Å². The normalized spacial score (nSPS) is 16.3. The fourth-order valence-corrected chi connectivity index (χ4v) is 2.52. The molecule has 0 spiro atoms. The second-order valence-corrected chi connectivity index (χ2v) is 5.09. The molecule has 104 valence electrons. The zero-order chi connectivity index (χ0) is 13.7. The lowest BCUT2D eigenvalue weighted by atomic mass is 9.89. The van der Waals surface area contributed by atoms with Crippen molar-refractivity contribution in [3.63, 3.8) is 0 Å². The summed E-state index contributed by atoms with van der Waals surface area (Å²) in [6, 6.07) is 2.89. The maximum Gasteiger partial charge on any atom is 0.271 e. The van der Waals surface area contributed by atoms with Crippen molar-refractivity contribution in [3.05, 3.63) is 28.2 Å². The summed E-state index contributed by atoms with van der Waals surface area (Å²) in [5.41, 5.74) is 0.142. The van der Waals surface area contributed by atoms with Gasteiger partial charge in [-0.1, -0.05) is 19.3 Å². The van der Waals surface area contributed by atoms with Crippen molar-refractivity contribution in [2.75, 3.05) is 6.54 Å². The number of hydrogen-bond donors (Lipinski definition) is 1. The molecule has 19 heavy (non-hydrogen) atoms. The zero-order valence-corrected chi connectivity index (χ0v) is 11.4. The monoisotopic (exact) mass is 263 g/mol. The van der Waals surface area contributed by atoms with Crippen molar-refractivity contribution in [2.45, 2.75) is 45.6 Å². The Labute approximate surface area is 113 Å². The van der Waals surface area contributed by atoms with E-state index in [4.69, 9.17) is 0 Å². The first-order valence-corrected chi connectivity index (χ1v) is 7.07. The fraction of sp³-hybridized carbons (Fsp3) is 0.643. The minimum absolute atomic E-state index is 0.175. The highest BCUT2D eigenvalue weighted by Gasteiger charge is 2.15. The first kappa shape index (κ1) is 13.8. The van der Waals surface area contributed by atoms with Gasteiger partial charge in [0.15, 0.2) is 0 Å². The molecule has 0 aliphatic heterocycles. The number of amides is 1. The topological polar surface area (TPSA) is 64.0 Å². The molecular formula is C14H21N3O2. The van der Waals surface area contributed by atoms with Gasteiger partial charge in [-0.05, 0) is 31.7 Å². The van der Waals surface area contributed by atoms with Gasteiger partial charge in [0.25, 0.3) is 11.5 Å². The molecule has 0 aromatic carbocycles. The Morgan fingerprint density at radius 2 is 2.11 bits per heavy atom. The number of carbonyl (C=O) groups is 1. The predicted molar refractivity (Wildman–Crippen MR) is 73.1 cm³/mol. The number of rotatable bonds is 4. The van der Waals surface area contributed by atoms with E-state index in [2.05, 4.69) is 10.4 Å². The number of nitrogens with one attached hydrogen (secondary N) is 1. The van der Waals surface area contributed by atoms with Crippen molar-refractivity contribution in [1.82, 2.24) is 15.1 Å². The molecule has 1 aromatic heterocycles. The molecule has 1 N–H and O–H groups in total. The molecule has 1 heterocycles. The molecule has 0 unspecified atom stereocenters. The third-order valence-corrected chi connectivity index (χ3v) is 3.67. The van der Waals surface area contributed by atoms with E-state index in [-0.39, 0.29) is 11.5 Å². The summed E-state index contributed by atoms with van der Waals surface area (Å²) in [5.74, 6) is 0.405. The molecule has 1 aliphatic carbocycles. The van der Waals surface area contributed by atoms with Gasteiger partial charge < -0.3 is 5.32 Å². The Morgan fingerprint density at radius 3 is 2.79 bits per heavy atom. The number of aryl methyl sites for hydroxylation is 1. The van der Waals surface area contributed by atoms with Crippen LogP contribution in [0.4, 0.5) is 0 Å². The maximum atomic E-state index is 12.0. The second-order valence-electron chi connectivity index (χ2n) is 5.09. The molecule has 0 atom stereocenters. The summed E-state index contributed by atoms with van der Waals surface area (Å²) in [7, 11) is 0. The fourth-order valence-electron chi connectivity index (χ4n) is 2.52. The standard InChI is InChI=1S/C14H21N3O2/c1-2-17-13(18)9-8-12(16-17)14(19)15-10-11-6-4-3-5-7-11/h8-9,11H,2-7,10H2,1H3,(H,15,19). The molecule has 1 amide bonds. The summed E-state index contributed by atoms with van der Waals surface area (Å²) in [5, 5.41) is 6.97. The highest BCUT2D eigenvalue weighted by Crippen LogP contribution is 2.22. The summed E-state index contributed by atoms with van der Waals surface area (Å²) < 4.78 is 1.30. The third kappa shape index (κ3) is 3.66. The van der Waals surface area contributed by atoms with Crippen LogP contribution in [-0.4, -0.2) is 22.2 Å². The Kier molecular flexibility index (Phi) is 4.71. The summed E-state index contributed by atoms with van der Waals surface area (Å²) >= 11 is 0. The van der Waals surface area contributed by atoms with E-state index in [0.29, 0.717) is 24.7 Å². The van der Waals surface area contributed by atoms with Gasteiger partial charge in [0, 0.05) is 19.2 Å². The molecule has 0 bridgehead atoms. The van der Waals surface area contributed by atoms with Crippen molar-refractivity contribution >= 4 is 5.91 Å². The molecular weight excluding hydrogens is 242 g/mol. The van der Waals surface area contributed by atoms with Crippen LogP contribution in [0.2, 0.25) is 0 Å². The summed E-state index contributed by atoms with van der Waals surface area (Å²) in [6.45, 7) is 3.02. The van der Waals surface area contributed by atoms with Gasteiger partial charge in [0.1, 0.15) is 5.69 Å². The van der Waals surface area contributed by atoms with Crippen LogP contribution in [0, 0.1) is 5.92 Å². The smallest absolute Gasteiger partial charge is 0.271 e. The number of nitrogens with zero attached hydrogens (tertiary/aromatic N) is 2. The van der Waals surface area contributed by atoms with Gasteiger partial charge in [-0.2, -0.15) is 5.10 Å². The van der Waals surface area contributed by atoms with Crippen LogP contribution in [0.15, 0.2) is 16.9 Å². The molecule has 0 saturated heterocycles. The van der Waals surface area contributed by atoms with Crippen LogP contribution in [0.25, 0.3) is 0 Å². The van der Waals surface area contributed by atoms with E-state index in [9.17, 15) is 9.59 Å². The van der Waals surface area contributed by atoms with Crippen LogP contribution in [0.1, 0.15) is 49.5 Å². The van der Waals surface area contributed by atoms with E-state index >= 15 is 0 Å². The molecule has 5 heteroatoms.